The second kappa shape index (κ2) is 8.80. The summed E-state index contributed by atoms with van der Waals surface area (Å²) in [4.78, 5) is 4.80. The number of nitrogen functional groups attached to an aromatic ring is 2. The molecule has 5 nitrogen and oxygen atoms in total. The topological polar surface area (TPSA) is 85.7 Å². The number of ether oxygens (including phenoxy) is 1. The van der Waals surface area contributed by atoms with Crippen LogP contribution in [0.2, 0.25) is 0 Å². The van der Waals surface area contributed by atoms with Crippen LogP contribution in [-0.2, 0) is 10.3 Å². The van der Waals surface area contributed by atoms with Crippen LogP contribution in [0.15, 0.2) is 71.7 Å². The molecule has 9 heteroatoms. The Morgan fingerprint density at radius 3 is 2.29 bits per heavy atom. The molecule has 2 heterocycles. The number of anilines is 3. The molecule has 3 aromatic carbocycles. The largest absolute Gasteiger partial charge is 0.399 e. The van der Waals surface area contributed by atoms with Gasteiger partial charge in [-0.1, -0.05) is 36.0 Å². The number of nitrogens with two attached hydrogens (primary N) is 2. The van der Waals surface area contributed by atoms with Gasteiger partial charge in [0.05, 0.1) is 6.61 Å². The number of halogens is 3. The highest BCUT2D eigenvalue weighted by atomic mass is 32.2. The molecule has 5 N–H and O–H groups in total. The summed E-state index contributed by atoms with van der Waals surface area (Å²) in [5, 5.41) is 3.77. The third-order valence-electron chi connectivity index (χ3n) is 6.50. The summed E-state index contributed by atoms with van der Waals surface area (Å²) in [7, 11) is 0. The lowest BCUT2D eigenvalue weighted by atomic mass is 9.77. The first kappa shape index (κ1) is 23.6. The van der Waals surface area contributed by atoms with Gasteiger partial charge < -0.3 is 21.5 Å². The zero-order chi connectivity index (χ0) is 24.8. The van der Waals surface area contributed by atoms with Crippen molar-refractivity contribution in [2.45, 2.75) is 24.5 Å². The highest BCUT2D eigenvalue weighted by Gasteiger charge is 2.60. The molecular weight excluding hydrogens is 473 g/mol. The third-order valence-corrected chi connectivity index (χ3v) is 7.49. The van der Waals surface area contributed by atoms with Gasteiger partial charge >= 0.3 is 0 Å². The van der Waals surface area contributed by atoms with Crippen molar-refractivity contribution in [3.8, 4) is 11.1 Å². The Bertz CT molecular complexity index is 1260. The van der Waals surface area contributed by atoms with Crippen molar-refractivity contribution in [2.24, 2.45) is 10.9 Å². The molecule has 0 bridgehead atoms. The minimum Gasteiger partial charge on any atom is -0.399 e. The van der Waals surface area contributed by atoms with E-state index < -0.39 is 29.3 Å². The maximum atomic E-state index is 15.0. The van der Waals surface area contributed by atoms with Gasteiger partial charge in [0.2, 0.25) is 0 Å². The van der Waals surface area contributed by atoms with Crippen molar-refractivity contribution in [1.29, 1.82) is 0 Å². The predicted molar refractivity (Wildman–Crippen MR) is 136 cm³/mol. The number of hydrogen-bond acceptors (Lipinski definition) is 6. The lowest BCUT2D eigenvalue weighted by Gasteiger charge is -2.37. The van der Waals surface area contributed by atoms with E-state index >= 15 is 0 Å². The lowest BCUT2D eigenvalue weighted by Crippen LogP contribution is -2.46. The molecule has 0 aromatic heterocycles. The number of hydrogen-bond donors (Lipinski definition) is 3. The first-order valence-electron chi connectivity index (χ1n) is 11.2. The average Bonchev–Trinajstić information content (AvgIpc) is 3.22. The maximum absolute atomic E-state index is 15.0. The van der Waals surface area contributed by atoms with E-state index in [4.69, 9.17) is 21.2 Å². The highest BCUT2D eigenvalue weighted by molar-refractivity contribution is 8.14. The van der Waals surface area contributed by atoms with Crippen LogP contribution in [-0.4, -0.2) is 29.6 Å². The van der Waals surface area contributed by atoms with Crippen molar-refractivity contribution in [1.82, 2.24) is 0 Å². The summed E-state index contributed by atoms with van der Waals surface area (Å²) in [5.41, 5.74) is 14.4. The monoisotopic (exact) mass is 498 g/mol. The molecule has 3 aromatic rings. The highest BCUT2D eigenvalue weighted by Crippen LogP contribution is 2.52. The van der Waals surface area contributed by atoms with Gasteiger partial charge in [0.15, 0.2) is 5.17 Å². The van der Waals surface area contributed by atoms with E-state index in [9.17, 15) is 13.2 Å². The van der Waals surface area contributed by atoms with Crippen LogP contribution in [0.5, 0.6) is 0 Å². The van der Waals surface area contributed by atoms with Crippen LogP contribution < -0.4 is 16.8 Å². The summed E-state index contributed by atoms with van der Waals surface area (Å²) in [6.45, 7) is 0.669. The number of nitrogens with one attached hydrogen (secondary N) is 1. The number of thioether (sulfide) groups is 1. The Labute approximate surface area is 205 Å². The number of aliphatic imine (C=N–C) groups is 1. The molecule has 0 unspecified atom stereocenters. The van der Waals surface area contributed by atoms with E-state index in [2.05, 4.69) is 5.32 Å². The van der Waals surface area contributed by atoms with E-state index in [1.165, 1.54) is 30.0 Å². The molecule has 5 rings (SSSR count). The number of amidine groups is 1. The average molecular weight is 499 g/mol. The number of rotatable bonds is 4. The van der Waals surface area contributed by atoms with Crippen molar-refractivity contribution in [3.63, 3.8) is 0 Å². The maximum Gasteiger partial charge on any atom is 0.271 e. The normalized spacial score (nSPS) is 24.1. The summed E-state index contributed by atoms with van der Waals surface area (Å²) in [6, 6.07) is 19.5. The Kier molecular flexibility index (Phi) is 5.93. The van der Waals surface area contributed by atoms with Crippen LogP contribution in [0.3, 0.4) is 0 Å². The van der Waals surface area contributed by atoms with Gasteiger partial charge in [-0.3, -0.25) is 0 Å². The van der Waals surface area contributed by atoms with E-state index in [1.807, 2.05) is 48.5 Å². The molecule has 2 aliphatic heterocycles. The third kappa shape index (κ3) is 4.46. The van der Waals surface area contributed by atoms with Gasteiger partial charge in [0.25, 0.3) is 5.92 Å². The number of benzene rings is 3. The van der Waals surface area contributed by atoms with Crippen LogP contribution in [0.4, 0.5) is 30.2 Å². The first-order valence-corrected chi connectivity index (χ1v) is 12.1. The summed E-state index contributed by atoms with van der Waals surface area (Å²) >= 11 is 1.32. The van der Waals surface area contributed by atoms with Crippen molar-refractivity contribution in [3.05, 3.63) is 78.1 Å². The molecule has 0 spiro atoms. The number of alkyl halides is 2. The van der Waals surface area contributed by atoms with E-state index in [1.54, 1.807) is 0 Å². The lowest BCUT2D eigenvalue weighted by molar-refractivity contribution is -0.113. The summed E-state index contributed by atoms with van der Waals surface area (Å²) in [5.74, 6) is -4.07. The molecule has 1 fully saturated rings. The fraction of sp³-hybridized carbons (Fsp3) is 0.269. The molecule has 0 radical (unpaired) electrons. The molecular formula is C26H25F3N4OS. The molecule has 0 aliphatic carbocycles. The van der Waals surface area contributed by atoms with Gasteiger partial charge in [0, 0.05) is 41.2 Å². The van der Waals surface area contributed by atoms with E-state index in [0.29, 0.717) is 16.5 Å². The first-order chi connectivity index (χ1) is 16.7. The second-order valence-electron chi connectivity index (χ2n) is 9.01. The van der Waals surface area contributed by atoms with Crippen molar-refractivity contribution < 1.29 is 17.9 Å². The van der Waals surface area contributed by atoms with Crippen molar-refractivity contribution in [2.75, 3.05) is 29.1 Å². The van der Waals surface area contributed by atoms with Gasteiger partial charge in [-0.15, -0.1) is 0 Å². The molecule has 2 aliphatic rings. The number of nitrogens with zero attached hydrogens (tertiary/aromatic N) is 1. The Morgan fingerprint density at radius 2 is 1.63 bits per heavy atom. The smallest absolute Gasteiger partial charge is 0.271 e. The van der Waals surface area contributed by atoms with Crippen LogP contribution >= 0.6 is 11.8 Å². The van der Waals surface area contributed by atoms with Crippen LogP contribution in [0.1, 0.15) is 12.5 Å². The SMILES string of the molecule is CC(F)(F)[C@H]1OC[C@]2(c3cc(N)ccc3F)N=C(Nc3ccc(-c4ccc(N)cc4)cc3)SC[C@H]12. The van der Waals surface area contributed by atoms with E-state index in [-0.39, 0.29) is 17.9 Å². The van der Waals surface area contributed by atoms with Gasteiger partial charge in [-0.25, -0.2) is 18.2 Å². The predicted octanol–water partition coefficient (Wildman–Crippen LogP) is 5.74. The minimum atomic E-state index is -3.10. The Hall–Kier alpha value is -3.17. The van der Waals surface area contributed by atoms with Gasteiger partial charge in [0.1, 0.15) is 17.5 Å². The fourth-order valence-electron chi connectivity index (χ4n) is 4.73. The van der Waals surface area contributed by atoms with E-state index in [0.717, 1.165) is 23.7 Å². The Morgan fingerprint density at radius 1 is 1.00 bits per heavy atom. The quantitative estimate of drug-likeness (QED) is 0.400. The molecule has 0 amide bonds. The van der Waals surface area contributed by atoms with Crippen LogP contribution in [0, 0.1) is 11.7 Å². The number of fused-ring (bicyclic) bond motifs is 1. The standard InChI is InChI=1S/C26H25F3N4OS/c1-25(28,29)23-21-13-35-24(33-26(21,14-34-23)20-12-18(31)8-11-22(20)27)32-19-9-4-16(5-10-19)15-2-6-17(30)7-3-15/h2-12,21,23H,13-14,30-31H2,1H3,(H,32,33)/t21-,23+,26-/m1/s1. The molecule has 182 valence electrons. The second-order valence-corrected chi connectivity index (χ2v) is 10.0. The zero-order valence-electron chi connectivity index (χ0n) is 19.0. The van der Waals surface area contributed by atoms with Gasteiger partial charge in [-0.2, -0.15) is 0 Å². The fourth-order valence-corrected chi connectivity index (χ4v) is 5.94. The summed E-state index contributed by atoms with van der Waals surface area (Å²) in [6.07, 6.45) is -1.37. The Balaban J connectivity index is 1.47. The minimum absolute atomic E-state index is 0.159. The summed E-state index contributed by atoms with van der Waals surface area (Å²) < 4.78 is 49.3. The van der Waals surface area contributed by atoms with Gasteiger partial charge in [-0.05, 0) is 53.6 Å². The molecule has 0 saturated carbocycles. The molecule has 35 heavy (non-hydrogen) atoms. The van der Waals surface area contributed by atoms with Crippen LogP contribution in [0.25, 0.3) is 11.1 Å². The molecule has 1 saturated heterocycles. The van der Waals surface area contributed by atoms with Crippen molar-refractivity contribution >= 4 is 34.0 Å². The zero-order valence-corrected chi connectivity index (χ0v) is 19.8. The molecule has 3 atom stereocenters.